The number of hydrogen-bond donors (Lipinski definition) is 2. The number of fused-ring (bicyclic) bond motifs is 4. The third kappa shape index (κ3) is 3.63. The molecule has 1 aromatic carbocycles. The summed E-state index contributed by atoms with van der Waals surface area (Å²) in [5.74, 6) is -4.20. The molecule has 2 aliphatic rings. The van der Waals surface area contributed by atoms with Gasteiger partial charge in [-0.2, -0.15) is 0 Å². The molecule has 3 heterocycles. The summed E-state index contributed by atoms with van der Waals surface area (Å²) < 4.78 is 43.7. The zero-order valence-electron chi connectivity index (χ0n) is 17.5. The molecule has 2 aromatic rings. The highest BCUT2D eigenvalue weighted by molar-refractivity contribution is 5.99. The van der Waals surface area contributed by atoms with Crippen LogP contribution in [-0.4, -0.2) is 45.1 Å². The standard InChI is InChI=1S/C22H22F3N3O4/c1-10-3-16(24)14(17(25)4-10)7-26-21(31)15-9-28-13-6-12(23)5-11(2)27(8-13)22(32)18(28)20(30)19(15)29/h3-4,9,11-13,30H,5-8H2,1-2H3,(H,26,31). The van der Waals surface area contributed by atoms with Crippen molar-refractivity contribution in [3.8, 4) is 5.75 Å². The van der Waals surface area contributed by atoms with Crippen molar-refractivity contribution in [1.82, 2.24) is 14.8 Å². The molecule has 10 heteroatoms. The smallest absolute Gasteiger partial charge is 0.274 e. The van der Waals surface area contributed by atoms with E-state index in [4.69, 9.17) is 0 Å². The van der Waals surface area contributed by atoms with Gasteiger partial charge in [0, 0.05) is 37.3 Å². The van der Waals surface area contributed by atoms with E-state index in [1.807, 2.05) is 0 Å². The number of carbonyl (C=O) groups is 2. The number of nitrogens with one attached hydrogen (secondary N) is 1. The number of carbonyl (C=O) groups excluding carboxylic acids is 2. The second-order valence-electron chi connectivity index (χ2n) is 8.40. The molecule has 4 rings (SSSR count). The maximum absolute atomic E-state index is 14.4. The van der Waals surface area contributed by atoms with Crippen LogP contribution < -0.4 is 10.7 Å². The fourth-order valence-electron chi connectivity index (χ4n) is 4.43. The van der Waals surface area contributed by atoms with Crippen molar-refractivity contribution in [3.63, 3.8) is 0 Å². The fourth-order valence-corrected chi connectivity index (χ4v) is 4.43. The number of rotatable bonds is 3. The molecule has 0 saturated carbocycles. The molecule has 0 spiro atoms. The van der Waals surface area contributed by atoms with Crippen molar-refractivity contribution < 1.29 is 27.9 Å². The zero-order valence-corrected chi connectivity index (χ0v) is 17.5. The predicted molar refractivity (Wildman–Crippen MR) is 108 cm³/mol. The number of benzene rings is 1. The van der Waals surface area contributed by atoms with Crippen molar-refractivity contribution in [1.29, 1.82) is 0 Å². The molecule has 3 atom stereocenters. The minimum absolute atomic E-state index is 0.0459. The van der Waals surface area contributed by atoms with E-state index >= 15 is 0 Å². The Morgan fingerprint density at radius 2 is 1.88 bits per heavy atom. The molecule has 0 radical (unpaired) electrons. The van der Waals surface area contributed by atoms with E-state index < -0.39 is 65.0 Å². The largest absolute Gasteiger partial charge is 0.503 e. The number of pyridine rings is 1. The molecule has 1 fully saturated rings. The molecule has 2 bridgehead atoms. The van der Waals surface area contributed by atoms with Gasteiger partial charge in [-0.25, -0.2) is 13.2 Å². The average molecular weight is 449 g/mol. The second kappa shape index (κ2) is 7.99. The van der Waals surface area contributed by atoms with Crippen molar-refractivity contribution in [2.24, 2.45) is 0 Å². The average Bonchev–Trinajstić information content (AvgIpc) is 2.83. The number of alkyl halides is 1. The van der Waals surface area contributed by atoms with Gasteiger partial charge in [0.05, 0.1) is 6.04 Å². The van der Waals surface area contributed by atoms with Gasteiger partial charge in [-0.05, 0) is 38.0 Å². The molecular weight excluding hydrogens is 427 g/mol. The Kier molecular flexibility index (Phi) is 5.47. The van der Waals surface area contributed by atoms with E-state index in [1.165, 1.54) is 16.4 Å². The minimum Gasteiger partial charge on any atom is -0.503 e. The Bertz CT molecular complexity index is 1160. The predicted octanol–water partition coefficient (Wildman–Crippen LogP) is 2.59. The van der Waals surface area contributed by atoms with Gasteiger partial charge in [0.1, 0.15) is 23.4 Å². The second-order valence-corrected chi connectivity index (χ2v) is 8.40. The molecule has 2 N–H and O–H groups in total. The van der Waals surface area contributed by atoms with E-state index in [0.29, 0.717) is 5.56 Å². The highest BCUT2D eigenvalue weighted by atomic mass is 19.1. The number of aromatic hydroxyl groups is 1. The first-order valence-corrected chi connectivity index (χ1v) is 10.2. The third-order valence-electron chi connectivity index (χ3n) is 6.09. The Morgan fingerprint density at radius 1 is 1.22 bits per heavy atom. The number of halogens is 3. The van der Waals surface area contributed by atoms with Crippen molar-refractivity contribution in [2.45, 2.75) is 51.5 Å². The van der Waals surface area contributed by atoms with E-state index in [-0.39, 0.29) is 30.6 Å². The van der Waals surface area contributed by atoms with Crippen LogP contribution in [0.1, 0.15) is 57.8 Å². The molecule has 32 heavy (non-hydrogen) atoms. The minimum atomic E-state index is -1.20. The quantitative estimate of drug-likeness (QED) is 0.754. The van der Waals surface area contributed by atoms with Crippen LogP contribution in [0, 0.1) is 18.6 Å². The van der Waals surface area contributed by atoms with Gasteiger partial charge in [0.2, 0.25) is 5.43 Å². The molecule has 7 nitrogen and oxygen atoms in total. The monoisotopic (exact) mass is 449 g/mol. The summed E-state index contributed by atoms with van der Waals surface area (Å²) in [6, 6.07) is 1.24. The van der Waals surface area contributed by atoms with Crippen LogP contribution in [0.3, 0.4) is 0 Å². The molecule has 1 saturated heterocycles. The van der Waals surface area contributed by atoms with Gasteiger partial charge < -0.3 is 19.9 Å². The summed E-state index contributed by atoms with van der Waals surface area (Å²) in [5.41, 5.74) is -1.89. The van der Waals surface area contributed by atoms with Crippen LogP contribution in [0.2, 0.25) is 0 Å². The van der Waals surface area contributed by atoms with Gasteiger partial charge in [0.25, 0.3) is 11.8 Å². The number of nitrogens with zero attached hydrogens (tertiary/aromatic N) is 2. The van der Waals surface area contributed by atoms with Crippen LogP contribution >= 0.6 is 0 Å². The normalized spacial score (nSPS) is 22.3. The Hall–Kier alpha value is -3.30. The lowest BCUT2D eigenvalue weighted by Crippen LogP contribution is -2.47. The topological polar surface area (TPSA) is 91.6 Å². The first-order valence-electron chi connectivity index (χ1n) is 10.2. The molecule has 170 valence electrons. The first kappa shape index (κ1) is 21.9. The summed E-state index contributed by atoms with van der Waals surface area (Å²) in [5, 5.41) is 12.7. The summed E-state index contributed by atoms with van der Waals surface area (Å²) in [6.07, 6.45) is 0.0784. The van der Waals surface area contributed by atoms with E-state index in [0.717, 1.165) is 18.3 Å². The molecule has 2 amide bonds. The van der Waals surface area contributed by atoms with Crippen molar-refractivity contribution >= 4 is 11.8 Å². The molecule has 0 aliphatic carbocycles. The van der Waals surface area contributed by atoms with Gasteiger partial charge >= 0.3 is 0 Å². The molecule has 2 aliphatic heterocycles. The Balaban J connectivity index is 1.69. The SMILES string of the molecule is Cc1cc(F)c(CNC(=O)c2cn3c(c(O)c2=O)C(=O)N2CC3CC(F)CC2C)c(F)c1. The van der Waals surface area contributed by atoms with Crippen LogP contribution in [0.15, 0.2) is 23.1 Å². The fraction of sp³-hybridized carbons (Fsp3) is 0.409. The maximum Gasteiger partial charge on any atom is 0.274 e. The summed E-state index contributed by atoms with van der Waals surface area (Å²) in [7, 11) is 0. The molecular formula is C22H22F3N3O4. The van der Waals surface area contributed by atoms with Gasteiger partial charge in [0.15, 0.2) is 11.4 Å². The van der Waals surface area contributed by atoms with Crippen LogP contribution in [0.25, 0.3) is 0 Å². The summed E-state index contributed by atoms with van der Waals surface area (Å²) >= 11 is 0. The Morgan fingerprint density at radius 3 is 2.53 bits per heavy atom. The number of aryl methyl sites for hydroxylation is 1. The first-order chi connectivity index (χ1) is 15.1. The van der Waals surface area contributed by atoms with Crippen molar-refractivity contribution in [2.75, 3.05) is 6.54 Å². The highest BCUT2D eigenvalue weighted by Gasteiger charge is 2.41. The van der Waals surface area contributed by atoms with Crippen LogP contribution in [-0.2, 0) is 6.54 Å². The third-order valence-corrected chi connectivity index (χ3v) is 6.09. The van der Waals surface area contributed by atoms with Gasteiger partial charge in [-0.15, -0.1) is 0 Å². The lowest BCUT2D eigenvalue weighted by molar-refractivity contribution is 0.0603. The summed E-state index contributed by atoms with van der Waals surface area (Å²) in [6.45, 7) is 2.86. The van der Waals surface area contributed by atoms with E-state index in [9.17, 15) is 32.7 Å². The van der Waals surface area contributed by atoms with Crippen LogP contribution in [0.5, 0.6) is 5.75 Å². The molecule has 3 unspecified atom stereocenters. The molecule has 1 aromatic heterocycles. The lowest BCUT2D eigenvalue weighted by atomic mass is 10.0. The maximum atomic E-state index is 14.4. The van der Waals surface area contributed by atoms with Crippen LogP contribution in [0.4, 0.5) is 13.2 Å². The number of hydrogen-bond acceptors (Lipinski definition) is 4. The number of aromatic nitrogens is 1. The number of amides is 2. The van der Waals surface area contributed by atoms with E-state index in [1.54, 1.807) is 6.92 Å². The van der Waals surface area contributed by atoms with Crippen molar-refractivity contribution in [3.05, 3.63) is 62.6 Å². The summed E-state index contributed by atoms with van der Waals surface area (Å²) in [4.78, 5) is 39.6. The Labute approximate surface area is 181 Å². The van der Waals surface area contributed by atoms with Gasteiger partial charge in [-0.3, -0.25) is 14.4 Å². The van der Waals surface area contributed by atoms with Gasteiger partial charge in [-0.1, -0.05) is 0 Å². The highest BCUT2D eigenvalue weighted by Crippen LogP contribution is 2.35. The van der Waals surface area contributed by atoms with E-state index in [2.05, 4.69) is 5.32 Å². The lowest BCUT2D eigenvalue weighted by Gasteiger charge is -2.36. The zero-order chi connectivity index (χ0) is 23.3.